The predicted octanol–water partition coefficient (Wildman–Crippen LogP) is 5.53. The van der Waals surface area contributed by atoms with Gasteiger partial charge in [-0.1, -0.05) is 26.0 Å². The van der Waals surface area contributed by atoms with E-state index in [2.05, 4.69) is 39.8 Å². The Morgan fingerprint density at radius 3 is 2.52 bits per heavy atom. The summed E-state index contributed by atoms with van der Waals surface area (Å²) < 4.78 is 0. The summed E-state index contributed by atoms with van der Waals surface area (Å²) in [6.45, 7) is 8.37. The molecule has 0 radical (unpaired) electrons. The van der Waals surface area contributed by atoms with Gasteiger partial charge in [-0.25, -0.2) is 0 Å². The number of benzene rings is 1. The Kier molecular flexibility index (Phi) is 4.34. The standard InChI is InChI=1S/C23H25NO2S/c1-14-7-8-16(10-15(14)2)24-18-12-23(3,4)13-19(25)22(18)17(11-21(24)26)20-6-5-9-27-20/h5-10,17H,11-13H2,1-4H3. The van der Waals surface area contributed by atoms with Crippen molar-refractivity contribution in [2.75, 3.05) is 4.90 Å². The van der Waals surface area contributed by atoms with Gasteiger partial charge in [0, 0.05) is 40.6 Å². The molecule has 1 aromatic heterocycles. The van der Waals surface area contributed by atoms with Crippen LogP contribution in [0.25, 0.3) is 0 Å². The third kappa shape index (κ3) is 3.16. The quantitative estimate of drug-likeness (QED) is 0.688. The molecule has 1 aromatic carbocycles. The summed E-state index contributed by atoms with van der Waals surface area (Å²) in [6.07, 6.45) is 1.65. The lowest BCUT2D eigenvalue weighted by Crippen LogP contribution is -2.43. The lowest BCUT2D eigenvalue weighted by molar-refractivity contribution is -0.120. The van der Waals surface area contributed by atoms with Crippen molar-refractivity contribution in [2.24, 2.45) is 5.41 Å². The van der Waals surface area contributed by atoms with Crippen molar-refractivity contribution >= 4 is 28.7 Å². The second-order valence-corrected chi connectivity index (χ2v) is 9.55. The Hall–Kier alpha value is -2.20. The van der Waals surface area contributed by atoms with Gasteiger partial charge in [-0.2, -0.15) is 0 Å². The van der Waals surface area contributed by atoms with Crippen molar-refractivity contribution in [2.45, 2.75) is 52.9 Å². The third-order valence-electron chi connectivity index (χ3n) is 5.78. The molecular formula is C23H25NO2S. The van der Waals surface area contributed by atoms with Crippen LogP contribution in [-0.2, 0) is 9.59 Å². The first kappa shape index (κ1) is 18.2. The number of Topliss-reactive ketones (excluding diaryl/α,β-unsaturated/α-hetero) is 1. The molecule has 27 heavy (non-hydrogen) atoms. The maximum absolute atomic E-state index is 13.3. The van der Waals surface area contributed by atoms with E-state index in [0.29, 0.717) is 12.8 Å². The van der Waals surface area contributed by atoms with Crippen LogP contribution in [0.15, 0.2) is 47.0 Å². The molecule has 0 bridgehead atoms. The van der Waals surface area contributed by atoms with Gasteiger partial charge in [-0.05, 0) is 60.4 Å². The van der Waals surface area contributed by atoms with Crippen LogP contribution in [0.3, 0.4) is 0 Å². The Morgan fingerprint density at radius 2 is 1.85 bits per heavy atom. The van der Waals surface area contributed by atoms with Crippen molar-refractivity contribution in [1.82, 2.24) is 0 Å². The van der Waals surface area contributed by atoms with Crippen molar-refractivity contribution in [1.29, 1.82) is 0 Å². The van der Waals surface area contributed by atoms with Crippen molar-refractivity contribution in [3.05, 3.63) is 63.0 Å². The summed E-state index contributed by atoms with van der Waals surface area (Å²) in [7, 11) is 0. The number of hydrogen-bond donors (Lipinski definition) is 0. The number of rotatable bonds is 2. The van der Waals surface area contributed by atoms with Crippen LogP contribution >= 0.6 is 11.3 Å². The molecule has 0 spiro atoms. The Bertz CT molecular complexity index is 953. The van der Waals surface area contributed by atoms with Gasteiger partial charge in [-0.15, -0.1) is 11.3 Å². The van der Waals surface area contributed by atoms with Crippen molar-refractivity contribution < 1.29 is 9.59 Å². The van der Waals surface area contributed by atoms with Crippen LogP contribution in [0, 0.1) is 19.3 Å². The van der Waals surface area contributed by atoms with E-state index in [-0.39, 0.29) is 23.0 Å². The maximum Gasteiger partial charge on any atom is 0.232 e. The first-order chi connectivity index (χ1) is 12.8. The summed E-state index contributed by atoms with van der Waals surface area (Å²) in [5, 5.41) is 2.02. The summed E-state index contributed by atoms with van der Waals surface area (Å²) in [5.74, 6) is 0.181. The molecule has 2 aromatic rings. The number of carbonyl (C=O) groups excluding carboxylic acids is 2. The molecule has 0 saturated carbocycles. The van der Waals surface area contributed by atoms with Crippen molar-refractivity contribution in [3.8, 4) is 0 Å². The van der Waals surface area contributed by atoms with Gasteiger partial charge in [0.25, 0.3) is 0 Å². The number of carbonyl (C=O) groups is 2. The molecular weight excluding hydrogens is 354 g/mol. The number of amides is 1. The molecule has 3 nitrogen and oxygen atoms in total. The Balaban J connectivity index is 1.90. The highest BCUT2D eigenvalue weighted by molar-refractivity contribution is 7.10. The summed E-state index contributed by atoms with van der Waals surface area (Å²) in [5.41, 5.74) is 4.87. The Labute approximate surface area is 164 Å². The summed E-state index contributed by atoms with van der Waals surface area (Å²) in [6, 6.07) is 10.2. The smallest absolute Gasteiger partial charge is 0.232 e. The third-order valence-corrected chi connectivity index (χ3v) is 6.76. The van der Waals surface area contributed by atoms with E-state index < -0.39 is 0 Å². The number of anilines is 1. The van der Waals surface area contributed by atoms with Gasteiger partial charge < -0.3 is 0 Å². The number of thiophene rings is 1. The van der Waals surface area contributed by atoms with Gasteiger partial charge >= 0.3 is 0 Å². The van der Waals surface area contributed by atoms with Gasteiger partial charge in [0.15, 0.2) is 5.78 Å². The van der Waals surface area contributed by atoms with Gasteiger partial charge in [0.05, 0.1) is 0 Å². The summed E-state index contributed by atoms with van der Waals surface area (Å²) >= 11 is 1.63. The van der Waals surface area contributed by atoms with Crippen LogP contribution in [0.5, 0.6) is 0 Å². The van der Waals surface area contributed by atoms with Crippen LogP contribution in [0.4, 0.5) is 5.69 Å². The fourth-order valence-corrected chi connectivity index (χ4v) is 5.15. The molecule has 1 atom stereocenters. The van der Waals surface area contributed by atoms with E-state index in [9.17, 15) is 9.59 Å². The molecule has 0 saturated heterocycles. The zero-order chi connectivity index (χ0) is 19.3. The molecule has 2 aliphatic rings. The molecule has 0 N–H and O–H groups in total. The number of aryl methyl sites for hydroxylation is 2. The SMILES string of the molecule is Cc1ccc(N2C(=O)CC(c3cccs3)C3=C2CC(C)(C)CC3=O)cc1C. The average molecular weight is 380 g/mol. The molecule has 1 aliphatic heterocycles. The van der Waals surface area contributed by atoms with Crippen LogP contribution in [0.2, 0.25) is 0 Å². The summed E-state index contributed by atoms with van der Waals surface area (Å²) in [4.78, 5) is 29.4. The van der Waals surface area contributed by atoms with Crippen molar-refractivity contribution in [3.63, 3.8) is 0 Å². The van der Waals surface area contributed by atoms with Gasteiger partial charge in [0.1, 0.15) is 0 Å². The minimum absolute atomic E-state index is 0.0842. The van der Waals surface area contributed by atoms with Gasteiger partial charge in [-0.3, -0.25) is 14.5 Å². The second-order valence-electron chi connectivity index (χ2n) is 8.57. The number of nitrogens with zero attached hydrogens (tertiary/aromatic N) is 1. The van der Waals surface area contributed by atoms with Crippen LogP contribution < -0.4 is 4.90 Å². The average Bonchev–Trinajstić information content (AvgIpc) is 3.10. The van der Waals surface area contributed by atoms with E-state index in [4.69, 9.17) is 0 Å². The highest BCUT2D eigenvalue weighted by atomic mass is 32.1. The predicted molar refractivity (Wildman–Crippen MR) is 110 cm³/mol. The molecule has 4 heteroatoms. The zero-order valence-corrected chi connectivity index (χ0v) is 17.2. The highest BCUT2D eigenvalue weighted by Crippen LogP contribution is 2.48. The first-order valence-corrected chi connectivity index (χ1v) is 10.3. The van der Waals surface area contributed by atoms with E-state index in [0.717, 1.165) is 33.8 Å². The lowest BCUT2D eigenvalue weighted by atomic mass is 9.70. The van der Waals surface area contributed by atoms with Crippen LogP contribution in [-0.4, -0.2) is 11.7 Å². The number of allylic oxidation sites excluding steroid dienone is 2. The lowest BCUT2D eigenvalue weighted by Gasteiger charge is -2.42. The molecule has 1 amide bonds. The fourth-order valence-electron chi connectivity index (χ4n) is 4.31. The van der Waals surface area contributed by atoms with Crippen LogP contribution in [0.1, 0.15) is 55.0 Å². The molecule has 0 fully saturated rings. The monoisotopic (exact) mass is 379 g/mol. The van der Waals surface area contributed by atoms with E-state index >= 15 is 0 Å². The minimum atomic E-state index is -0.133. The first-order valence-electron chi connectivity index (χ1n) is 9.47. The molecule has 2 heterocycles. The normalized spacial score (nSPS) is 22.2. The maximum atomic E-state index is 13.3. The van der Waals surface area contributed by atoms with Gasteiger partial charge in [0.2, 0.25) is 5.91 Å². The highest BCUT2D eigenvalue weighted by Gasteiger charge is 2.44. The fraction of sp³-hybridized carbons (Fsp3) is 0.391. The molecule has 140 valence electrons. The topological polar surface area (TPSA) is 37.4 Å². The zero-order valence-electron chi connectivity index (χ0n) is 16.3. The number of ketones is 1. The van der Waals surface area contributed by atoms with E-state index in [1.165, 1.54) is 5.56 Å². The van der Waals surface area contributed by atoms with E-state index in [1.807, 2.05) is 28.5 Å². The molecule has 1 aliphatic carbocycles. The van der Waals surface area contributed by atoms with E-state index in [1.54, 1.807) is 11.3 Å². The number of hydrogen-bond acceptors (Lipinski definition) is 3. The second kappa shape index (κ2) is 6.45. The molecule has 4 rings (SSSR count). The Morgan fingerprint density at radius 1 is 1.07 bits per heavy atom. The minimum Gasteiger partial charge on any atom is -0.294 e. The largest absolute Gasteiger partial charge is 0.294 e. The molecule has 1 unspecified atom stereocenters.